The summed E-state index contributed by atoms with van der Waals surface area (Å²) in [5.74, 6) is 6.59. The van der Waals surface area contributed by atoms with Crippen LogP contribution in [0.3, 0.4) is 0 Å². The normalized spacial score (nSPS) is 14.9. The summed E-state index contributed by atoms with van der Waals surface area (Å²) in [5.41, 5.74) is 8.91. The van der Waals surface area contributed by atoms with Crippen LogP contribution in [0.4, 0.5) is 17.3 Å². The fourth-order valence-electron chi connectivity index (χ4n) is 5.02. The molecule has 4 aromatic rings. The van der Waals surface area contributed by atoms with Gasteiger partial charge in [-0.25, -0.2) is 9.97 Å². The van der Waals surface area contributed by atoms with E-state index in [1.165, 1.54) is 0 Å². The Hall–Kier alpha value is -5.50. The first-order valence-electron chi connectivity index (χ1n) is 13.2. The molecule has 2 amide bonds. The smallest absolute Gasteiger partial charge is 0.262 e. The van der Waals surface area contributed by atoms with Crippen LogP contribution >= 0.6 is 0 Å². The monoisotopic (exact) mass is 546 g/mol. The number of carbonyl (C=O) groups is 2. The number of phenolic OH excluding ortho intramolecular Hbond substituents is 1. The zero-order chi connectivity index (χ0) is 28.3. The van der Waals surface area contributed by atoms with Crippen LogP contribution in [0.5, 0.6) is 5.75 Å². The summed E-state index contributed by atoms with van der Waals surface area (Å²) in [4.78, 5) is 39.5. The number of hydrogen-bond donors (Lipinski definition) is 2. The molecular formula is C30H26N8O3. The number of carbonyl (C=O) groups excluding carboxylic acids is 2. The van der Waals surface area contributed by atoms with Gasteiger partial charge in [-0.15, -0.1) is 10.2 Å². The standard InChI is InChI=1S/C30H26N8O3/c31-28-24(19-23(34-35-28)22-9-3-4-10-25(22)39)36-14-6-15-37(18-17-36)27-12-13-32-26(33-27)11-5-16-38-29(40)20-7-1-2-8-21(20)30(38)41/h1-4,7-10,12-13,19,39H,6,14-18H2,(H2,31,35). The number of aromatic nitrogens is 4. The Morgan fingerprint density at radius 2 is 1.54 bits per heavy atom. The number of imide groups is 1. The van der Waals surface area contributed by atoms with Crippen LogP contribution in [0.2, 0.25) is 0 Å². The van der Waals surface area contributed by atoms with Gasteiger partial charge in [0.1, 0.15) is 11.6 Å². The van der Waals surface area contributed by atoms with Gasteiger partial charge in [0.05, 0.1) is 29.1 Å². The van der Waals surface area contributed by atoms with Gasteiger partial charge in [-0.3, -0.25) is 14.5 Å². The summed E-state index contributed by atoms with van der Waals surface area (Å²) in [5, 5.41) is 18.6. The lowest BCUT2D eigenvalue weighted by molar-refractivity contribution is 0.0675. The van der Waals surface area contributed by atoms with E-state index in [0.717, 1.165) is 35.9 Å². The van der Waals surface area contributed by atoms with Crippen LogP contribution < -0.4 is 15.5 Å². The van der Waals surface area contributed by atoms with Gasteiger partial charge >= 0.3 is 0 Å². The minimum absolute atomic E-state index is 0.0389. The molecule has 2 aromatic heterocycles. The Bertz CT molecular complexity index is 1680. The van der Waals surface area contributed by atoms with Gasteiger partial charge in [0.2, 0.25) is 5.82 Å². The van der Waals surface area contributed by atoms with E-state index in [0.29, 0.717) is 47.1 Å². The quantitative estimate of drug-likeness (QED) is 0.290. The zero-order valence-corrected chi connectivity index (χ0v) is 22.1. The molecule has 1 fully saturated rings. The average molecular weight is 547 g/mol. The molecule has 2 aliphatic heterocycles. The lowest BCUT2D eigenvalue weighted by atomic mass is 10.1. The number of nitrogens with two attached hydrogens (primary N) is 1. The highest BCUT2D eigenvalue weighted by Gasteiger charge is 2.34. The van der Waals surface area contributed by atoms with Crippen molar-refractivity contribution < 1.29 is 14.7 Å². The van der Waals surface area contributed by atoms with E-state index in [1.807, 2.05) is 18.2 Å². The Kier molecular flexibility index (Phi) is 6.87. The molecule has 11 heteroatoms. The van der Waals surface area contributed by atoms with Gasteiger partial charge in [0.25, 0.3) is 11.8 Å². The average Bonchev–Trinajstić information content (AvgIpc) is 3.14. The highest BCUT2D eigenvalue weighted by Crippen LogP contribution is 2.32. The maximum atomic E-state index is 12.6. The van der Waals surface area contributed by atoms with Gasteiger partial charge in [0, 0.05) is 37.9 Å². The first-order valence-corrected chi connectivity index (χ1v) is 13.2. The molecule has 2 aliphatic rings. The fraction of sp³-hybridized carbons (Fsp3) is 0.200. The first kappa shape index (κ1) is 25.8. The molecule has 1 saturated heterocycles. The predicted molar refractivity (Wildman–Crippen MR) is 153 cm³/mol. The van der Waals surface area contributed by atoms with Gasteiger partial charge in [-0.2, -0.15) is 0 Å². The van der Waals surface area contributed by atoms with Gasteiger partial charge in [0.15, 0.2) is 5.82 Å². The number of hydrogen-bond acceptors (Lipinski definition) is 10. The fourth-order valence-corrected chi connectivity index (χ4v) is 5.02. The molecule has 3 N–H and O–H groups in total. The lowest BCUT2D eigenvalue weighted by Gasteiger charge is -2.25. The van der Waals surface area contributed by atoms with Crippen molar-refractivity contribution in [3.63, 3.8) is 0 Å². The second kappa shape index (κ2) is 10.9. The predicted octanol–water partition coefficient (Wildman–Crippen LogP) is 2.59. The number of aromatic hydroxyl groups is 1. The third-order valence-electron chi connectivity index (χ3n) is 7.10. The van der Waals surface area contributed by atoms with Crippen LogP contribution in [0.15, 0.2) is 66.9 Å². The lowest BCUT2D eigenvalue weighted by Crippen LogP contribution is -2.32. The largest absolute Gasteiger partial charge is 0.507 e. The number of rotatable bonds is 4. The number of nitrogens with zero attached hydrogens (tertiary/aromatic N) is 7. The molecule has 6 rings (SSSR count). The summed E-state index contributed by atoms with van der Waals surface area (Å²) in [6, 6.07) is 17.4. The third kappa shape index (κ3) is 5.10. The van der Waals surface area contributed by atoms with E-state index in [2.05, 4.69) is 41.8 Å². The van der Waals surface area contributed by atoms with Crippen molar-refractivity contribution in [3.05, 3.63) is 83.8 Å². The van der Waals surface area contributed by atoms with Crippen molar-refractivity contribution in [1.82, 2.24) is 25.1 Å². The molecule has 11 nitrogen and oxygen atoms in total. The summed E-state index contributed by atoms with van der Waals surface area (Å²) in [6.07, 6.45) is 2.50. The second-order valence-electron chi connectivity index (χ2n) is 9.63. The van der Waals surface area contributed by atoms with Crippen molar-refractivity contribution in [3.8, 4) is 28.8 Å². The van der Waals surface area contributed by atoms with Crippen molar-refractivity contribution in [1.29, 1.82) is 0 Å². The van der Waals surface area contributed by atoms with Crippen LogP contribution in [0, 0.1) is 11.8 Å². The van der Waals surface area contributed by atoms with E-state index in [9.17, 15) is 14.7 Å². The summed E-state index contributed by atoms with van der Waals surface area (Å²) >= 11 is 0. The minimum atomic E-state index is -0.346. The molecular weight excluding hydrogens is 520 g/mol. The molecule has 0 atom stereocenters. The van der Waals surface area contributed by atoms with E-state index in [4.69, 9.17) is 5.73 Å². The van der Waals surface area contributed by atoms with Gasteiger partial charge in [-0.1, -0.05) is 30.2 Å². The van der Waals surface area contributed by atoms with Gasteiger partial charge < -0.3 is 20.6 Å². The van der Waals surface area contributed by atoms with Crippen molar-refractivity contribution in [2.75, 3.05) is 48.3 Å². The summed E-state index contributed by atoms with van der Waals surface area (Å²) in [7, 11) is 0. The van der Waals surface area contributed by atoms with E-state index >= 15 is 0 Å². The van der Waals surface area contributed by atoms with E-state index < -0.39 is 0 Å². The molecule has 0 spiro atoms. The number of anilines is 3. The molecule has 0 radical (unpaired) electrons. The number of fused-ring (bicyclic) bond motifs is 1. The van der Waals surface area contributed by atoms with Crippen LogP contribution in [-0.4, -0.2) is 74.7 Å². The Balaban J connectivity index is 1.14. The second-order valence-corrected chi connectivity index (χ2v) is 9.63. The van der Waals surface area contributed by atoms with Crippen LogP contribution in [-0.2, 0) is 0 Å². The maximum Gasteiger partial charge on any atom is 0.262 e. The van der Waals surface area contributed by atoms with Crippen LogP contribution in [0.1, 0.15) is 33.0 Å². The third-order valence-corrected chi connectivity index (χ3v) is 7.10. The minimum Gasteiger partial charge on any atom is -0.507 e. The first-order chi connectivity index (χ1) is 20.0. The van der Waals surface area contributed by atoms with E-state index in [1.54, 1.807) is 48.7 Å². The van der Waals surface area contributed by atoms with Crippen molar-refractivity contribution in [2.24, 2.45) is 0 Å². The zero-order valence-electron chi connectivity index (χ0n) is 22.1. The molecule has 2 aromatic carbocycles. The topological polar surface area (TPSA) is 142 Å². The Morgan fingerprint density at radius 1 is 0.854 bits per heavy atom. The van der Waals surface area contributed by atoms with Crippen molar-refractivity contribution in [2.45, 2.75) is 6.42 Å². The van der Waals surface area contributed by atoms with Gasteiger partial charge in [-0.05, 0) is 48.7 Å². The number of amides is 2. The molecule has 0 aliphatic carbocycles. The molecule has 0 bridgehead atoms. The highest BCUT2D eigenvalue weighted by atomic mass is 16.3. The summed E-state index contributed by atoms with van der Waals surface area (Å²) < 4.78 is 0. The number of para-hydroxylation sites is 1. The maximum absolute atomic E-state index is 12.6. The molecule has 4 heterocycles. The number of phenols is 1. The molecule has 204 valence electrons. The summed E-state index contributed by atoms with van der Waals surface area (Å²) in [6.45, 7) is 2.82. The SMILES string of the molecule is Nc1nnc(-c2ccccc2O)cc1N1CCCN(c2ccnc(C#CCN3C(=O)c4ccccc4C3=O)n2)CC1. The molecule has 0 unspecified atom stereocenters. The molecule has 41 heavy (non-hydrogen) atoms. The van der Waals surface area contributed by atoms with Crippen LogP contribution in [0.25, 0.3) is 11.3 Å². The van der Waals surface area contributed by atoms with Crippen molar-refractivity contribution >= 4 is 29.1 Å². The molecule has 0 saturated carbocycles. The number of nitrogen functional groups attached to an aromatic ring is 1. The highest BCUT2D eigenvalue weighted by molar-refractivity contribution is 6.21. The Morgan fingerprint density at radius 3 is 2.29 bits per heavy atom. The van der Waals surface area contributed by atoms with E-state index in [-0.39, 0.29) is 24.1 Å². The number of benzene rings is 2. The Labute approximate surface area is 236 Å².